The van der Waals surface area contributed by atoms with Gasteiger partial charge in [0.25, 0.3) is 0 Å². The van der Waals surface area contributed by atoms with Gasteiger partial charge in [0.1, 0.15) is 5.54 Å². The Kier molecular flexibility index (Phi) is 8.09. The lowest BCUT2D eigenvalue weighted by Crippen LogP contribution is -2.58. The number of nitrogens with one attached hydrogen (secondary N) is 1. The number of benzene rings is 1. The molecule has 1 aromatic carbocycles. The van der Waals surface area contributed by atoms with Crippen LogP contribution in [-0.4, -0.2) is 41.6 Å². The van der Waals surface area contributed by atoms with E-state index < -0.39 is 0 Å². The van der Waals surface area contributed by atoms with Crippen molar-refractivity contribution in [1.29, 1.82) is 0 Å². The number of hydrogen-bond donors (Lipinski definition) is 1. The molecule has 1 N–H and O–H groups in total. The molecule has 168 valence electrons. The second-order valence-electron chi connectivity index (χ2n) is 9.63. The molecule has 1 aliphatic carbocycles. The minimum atomic E-state index is -0.374. The Morgan fingerprint density at radius 2 is 1.43 bits per heavy atom. The van der Waals surface area contributed by atoms with E-state index in [4.69, 9.17) is 0 Å². The molecule has 0 aromatic heterocycles. The first-order valence-corrected chi connectivity index (χ1v) is 12.0. The number of aryl methyl sites for hydroxylation is 1. The monoisotopic (exact) mass is 433 g/mol. The molecule has 30 heavy (non-hydrogen) atoms. The zero-order valence-electron chi connectivity index (χ0n) is 18.9. The van der Waals surface area contributed by atoms with Crippen LogP contribution in [0.1, 0.15) is 83.1 Å². The first kappa shape index (κ1) is 23.4. The van der Waals surface area contributed by atoms with E-state index in [2.05, 4.69) is 53.2 Å². The van der Waals surface area contributed by atoms with E-state index in [0.29, 0.717) is 0 Å². The van der Waals surface area contributed by atoms with Crippen LogP contribution in [-0.2, 0) is 4.79 Å². The molecular weight excluding hydrogens is 394 g/mol. The first-order chi connectivity index (χ1) is 14.1. The molecule has 2 heterocycles. The van der Waals surface area contributed by atoms with E-state index in [9.17, 15) is 4.79 Å². The first-order valence-electron chi connectivity index (χ1n) is 12.0. The third-order valence-electron chi connectivity index (χ3n) is 7.64. The van der Waals surface area contributed by atoms with Gasteiger partial charge in [0, 0.05) is 24.8 Å². The van der Waals surface area contributed by atoms with Crippen LogP contribution in [0.3, 0.4) is 0 Å². The summed E-state index contributed by atoms with van der Waals surface area (Å²) in [4.78, 5) is 18.2. The molecule has 5 heteroatoms. The number of anilines is 1. The SMILES string of the molecule is Cc1ccc(N2C(C)NC(=O)C23CCN(C2CCCCCCCCC2)CC3)cc1.Cl. The number of carbonyl (C=O) groups is 1. The van der Waals surface area contributed by atoms with Gasteiger partial charge in [0.2, 0.25) is 5.91 Å². The summed E-state index contributed by atoms with van der Waals surface area (Å²) in [6, 6.07) is 9.41. The molecule has 0 radical (unpaired) electrons. The average molecular weight is 434 g/mol. The number of amides is 1. The lowest BCUT2D eigenvalue weighted by molar-refractivity contribution is -0.125. The van der Waals surface area contributed by atoms with Gasteiger partial charge in [0.15, 0.2) is 0 Å². The maximum Gasteiger partial charge on any atom is 0.247 e. The third-order valence-corrected chi connectivity index (χ3v) is 7.64. The fraction of sp³-hybridized carbons (Fsp3) is 0.720. The zero-order valence-corrected chi connectivity index (χ0v) is 19.7. The van der Waals surface area contributed by atoms with Crippen LogP contribution < -0.4 is 10.2 Å². The van der Waals surface area contributed by atoms with Crippen molar-refractivity contribution in [3.8, 4) is 0 Å². The van der Waals surface area contributed by atoms with Crippen LogP contribution in [0, 0.1) is 6.92 Å². The highest BCUT2D eigenvalue weighted by Gasteiger charge is 2.53. The maximum atomic E-state index is 13.1. The summed E-state index contributed by atoms with van der Waals surface area (Å²) in [6.45, 7) is 6.34. The van der Waals surface area contributed by atoms with E-state index in [1.54, 1.807) is 0 Å². The standard InChI is InChI=1S/C25H39N3O.ClH/c1-20-12-14-23(15-13-20)28-21(2)26-24(29)25(28)16-18-27(19-17-25)22-10-8-6-4-3-5-7-9-11-22;/h12-15,21-22H,3-11,16-19H2,1-2H3,(H,26,29);1H. The molecular formula is C25H40ClN3O. The molecule has 4 rings (SSSR count). The smallest absolute Gasteiger partial charge is 0.247 e. The van der Waals surface area contributed by atoms with Gasteiger partial charge in [0.05, 0.1) is 6.17 Å². The zero-order chi connectivity index (χ0) is 20.3. The molecule has 1 atom stereocenters. The van der Waals surface area contributed by atoms with Crippen LogP contribution in [0.15, 0.2) is 24.3 Å². The summed E-state index contributed by atoms with van der Waals surface area (Å²) in [6.07, 6.45) is 14.4. The summed E-state index contributed by atoms with van der Waals surface area (Å²) in [5.41, 5.74) is 2.06. The lowest BCUT2D eigenvalue weighted by atomic mass is 9.84. The van der Waals surface area contributed by atoms with E-state index in [0.717, 1.165) is 32.0 Å². The molecule has 2 saturated heterocycles. The molecule has 1 unspecified atom stereocenters. The third kappa shape index (κ3) is 4.80. The van der Waals surface area contributed by atoms with E-state index >= 15 is 0 Å². The average Bonchev–Trinajstić information content (AvgIpc) is 2.97. The Balaban J connectivity index is 0.00000256. The molecule has 1 saturated carbocycles. The van der Waals surface area contributed by atoms with Gasteiger partial charge in [-0.3, -0.25) is 4.79 Å². The minimum Gasteiger partial charge on any atom is -0.337 e. The molecule has 1 amide bonds. The molecule has 3 fully saturated rings. The Morgan fingerprint density at radius 3 is 2.00 bits per heavy atom. The highest BCUT2D eigenvalue weighted by molar-refractivity contribution is 5.94. The Morgan fingerprint density at radius 1 is 0.900 bits per heavy atom. The Hall–Kier alpha value is -1.26. The minimum absolute atomic E-state index is 0. The number of carbonyl (C=O) groups excluding carboxylic acids is 1. The molecule has 2 aliphatic heterocycles. The van der Waals surface area contributed by atoms with Gasteiger partial charge in [-0.1, -0.05) is 62.6 Å². The molecule has 1 spiro atoms. The topological polar surface area (TPSA) is 35.6 Å². The second-order valence-corrected chi connectivity index (χ2v) is 9.63. The van der Waals surface area contributed by atoms with Crippen LogP contribution in [0.5, 0.6) is 0 Å². The van der Waals surface area contributed by atoms with Crippen molar-refractivity contribution >= 4 is 24.0 Å². The van der Waals surface area contributed by atoms with Crippen LogP contribution >= 0.6 is 12.4 Å². The molecule has 3 aliphatic rings. The van der Waals surface area contributed by atoms with Gasteiger partial charge in [-0.25, -0.2) is 0 Å². The largest absolute Gasteiger partial charge is 0.337 e. The number of halogens is 1. The van der Waals surface area contributed by atoms with Gasteiger partial charge in [-0.15, -0.1) is 12.4 Å². The number of rotatable bonds is 2. The summed E-state index contributed by atoms with van der Waals surface area (Å²) in [7, 11) is 0. The van der Waals surface area contributed by atoms with Crippen molar-refractivity contribution in [2.45, 2.75) is 102 Å². The molecule has 4 nitrogen and oxygen atoms in total. The highest BCUT2D eigenvalue weighted by Crippen LogP contribution is 2.39. The highest BCUT2D eigenvalue weighted by atomic mass is 35.5. The van der Waals surface area contributed by atoms with E-state index in [1.807, 2.05) is 0 Å². The second kappa shape index (κ2) is 10.4. The lowest BCUT2D eigenvalue weighted by Gasteiger charge is -2.46. The maximum absolute atomic E-state index is 13.1. The Labute approximate surface area is 189 Å². The summed E-state index contributed by atoms with van der Waals surface area (Å²) >= 11 is 0. The van der Waals surface area contributed by atoms with E-state index in [1.165, 1.54) is 69.0 Å². The van der Waals surface area contributed by atoms with Gasteiger partial charge < -0.3 is 15.1 Å². The Bertz CT molecular complexity index is 674. The van der Waals surface area contributed by atoms with Crippen LogP contribution in [0.25, 0.3) is 0 Å². The van der Waals surface area contributed by atoms with Crippen molar-refractivity contribution in [1.82, 2.24) is 10.2 Å². The van der Waals surface area contributed by atoms with Crippen LogP contribution in [0.2, 0.25) is 0 Å². The van der Waals surface area contributed by atoms with Gasteiger partial charge in [-0.2, -0.15) is 0 Å². The number of likely N-dealkylation sites (tertiary alicyclic amines) is 1. The summed E-state index contributed by atoms with van der Waals surface area (Å²) in [5, 5.41) is 3.24. The number of hydrogen-bond acceptors (Lipinski definition) is 3. The van der Waals surface area contributed by atoms with E-state index in [-0.39, 0.29) is 30.0 Å². The molecule has 1 aromatic rings. The normalized spacial score (nSPS) is 26.3. The van der Waals surface area contributed by atoms with Crippen molar-refractivity contribution in [3.05, 3.63) is 29.8 Å². The predicted molar refractivity (Wildman–Crippen MR) is 127 cm³/mol. The quantitative estimate of drug-likeness (QED) is 0.675. The fourth-order valence-electron chi connectivity index (χ4n) is 5.93. The van der Waals surface area contributed by atoms with Gasteiger partial charge in [-0.05, 0) is 51.7 Å². The van der Waals surface area contributed by atoms with Crippen LogP contribution in [0.4, 0.5) is 5.69 Å². The molecule has 0 bridgehead atoms. The fourth-order valence-corrected chi connectivity index (χ4v) is 5.93. The summed E-state index contributed by atoms with van der Waals surface area (Å²) in [5.74, 6) is 0.233. The predicted octanol–water partition coefficient (Wildman–Crippen LogP) is 5.43. The number of nitrogens with zero attached hydrogens (tertiary/aromatic N) is 2. The van der Waals surface area contributed by atoms with Crippen molar-refractivity contribution in [3.63, 3.8) is 0 Å². The van der Waals surface area contributed by atoms with Crippen molar-refractivity contribution in [2.24, 2.45) is 0 Å². The summed E-state index contributed by atoms with van der Waals surface area (Å²) < 4.78 is 0. The van der Waals surface area contributed by atoms with Crippen molar-refractivity contribution in [2.75, 3.05) is 18.0 Å². The van der Waals surface area contributed by atoms with Gasteiger partial charge >= 0.3 is 0 Å². The van der Waals surface area contributed by atoms with Crippen molar-refractivity contribution < 1.29 is 4.79 Å². The number of piperidine rings is 1.